The van der Waals surface area contributed by atoms with Crippen molar-refractivity contribution in [1.82, 2.24) is 15.0 Å². The number of H-pyrrole nitrogens is 1. The molecule has 2 N–H and O–H groups in total. The van der Waals surface area contributed by atoms with Crippen molar-refractivity contribution in [3.63, 3.8) is 0 Å². The molecular formula is C14H16N4OS. The lowest BCUT2D eigenvalue weighted by molar-refractivity contribution is 0.869. The summed E-state index contributed by atoms with van der Waals surface area (Å²) in [5, 5.41) is 3.76. The highest BCUT2D eigenvalue weighted by atomic mass is 32.2. The molecule has 0 spiro atoms. The van der Waals surface area contributed by atoms with E-state index in [1.54, 1.807) is 6.20 Å². The Morgan fingerprint density at radius 1 is 1.45 bits per heavy atom. The summed E-state index contributed by atoms with van der Waals surface area (Å²) >= 11 is 1.54. The predicted molar refractivity (Wildman–Crippen MR) is 80.2 cm³/mol. The van der Waals surface area contributed by atoms with Gasteiger partial charge in [0.15, 0.2) is 5.16 Å². The third-order valence-electron chi connectivity index (χ3n) is 3.41. The second-order valence-corrected chi connectivity index (χ2v) is 5.66. The first kappa shape index (κ1) is 13.2. The number of aromatic amines is 1. The van der Waals surface area contributed by atoms with Gasteiger partial charge in [-0.1, -0.05) is 17.8 Å². The number of hydrogen-bond donors (Lipinski definition) is 2. The van der Waals surface area contributed by atoms with Crippen molar-refractivity contribution >= 4 is 17.6 Å². The fourth-order valence-corrected chi connectivity index (χ4v) is 3.28. The topological polar surface area (TPSA) is 70.7 Å². The molecule has 0 amide bonds. The molecule has 6 heteroatoms. The van der Waals surface area contributed by atoms with E-state index in [1.807, 2.05) is 19.2 Å². The zero-order valence-electron chi connectivity index (χ0n) is 11.3. The molecule has 2 aromatic heterocycles. The van der Waals surface area contributed by atoms with E-state index >= 15 is 0 Å². The van der Waals surface area contributed by atoms with Gasteiger partial charge in [-0.25, -0.2) is 9.97 Å². The first-order chi connectivity index (χ1) is 9.78. The molecule has 0 aliphatic heterocycles. The number of aromatic nitrogens is 3. The maximum absolute atomic E-state index is 11.9. The summed E-state index contributed by atoms with van der Waals surface area (Å²) in [5.74, 6) is 1.59. The molecule has 3 rings (SSSR count). The van der Waals surface area contributed by atoms with Crippen LogP contribution in [0.1, 0.15) is 23.2 Å². The van der Waals surface area contributed by atoms with E-state index in [0.29, 0.717) is 5.16 Å². The summed E-state index contributed by atoms with van der Waals surface area (Å²) in [6.07, 6.45) is 4.57. The molecule has 5 nitrogen and oxygen atoms in total. The molecule has 0 unspecified atom stereocenters. The molecule has 0 saturated heterocycles. The largest absolute Gasteiger partial charge is 0.373 e. The Labute approximate surface area is 121 Å². The maximum atomic E-state index is 11.9. The lowest BCUT2D eigenvalue weighted by Gasteiger charge is -2.07. The fourth-order valence-electron chi connectivity index (χ4n) is 2.41. The molecule has 1 aliphatic carbocycles. The van der Waals surface area contributed by atoms with E-state index in [9.17, 15) is 4.79 Å². The first-order valence-electron chi connectivity index (χ1n) is 6.64. The fraction of sp³-hybridized carbons (Fsp3) is 0.357. The summed E-state index contributed by atoms with van der Waals surface area (Å²) < 4.78 is 0. The summed E-state index contributed by atoms with van der Waals surface area (Å²) in [6, 6.07) is 3.94. The van der Waals surface area contributed by atoms with Crippen molar-refractivity contribution in [2.24, 2.45) is 0 Å². The lowest BCUT2D eigenvalue weighted by Crippen LogP contribution is -2.14. The van der Waals surface area contributed by atoms with E-state index in [4.69, 9.17) is 0 Å². The van der Waals surface area contributed by atoms with Gasteiger partial charge < -0.3 is 10.3 Å². The van der Waals surface area contributed by atoms with E-state index in [1.165, 1.54) is 11.8 Å². The molecule has 104 valence electrons. The highest BCUT2D eigenvalue weighted by molar-refractivity contribution is 7.98. The van der Waals surface area contributed by atoms with Crippen LogP contribution in [0, 0.1) is 0 Å². The predicted octanol–water partition coefficient (Wildman–Crippen LogP) is 1.99. The summed E-state index contributed by atoms with van der Waals surface area (Å²) in [4.78, 5) is 23.6. The first-order valence-corrected chi connectivity index (χ1v) is 7.63. The second kappa shape index (κ2) is 5.66. The van der Waals surface area contributed by atoms with Crippen LogP contribution in [0.5, 0.6) is 0 Å². The Balaban J connectivity index is 1.79. The maximum Gasteiger partial charge on any atom is 0.254 e. The molecule has 0 bridgehead atoms. The molecule has 20 heavy (non-hydrogen) atoms. The van der Waals surface area contributed by atoms with Crippen LogP contribution in [0.15, 0.2) is 28.3 Å². The van der Waals surface area contributed by atoms with Gasteiger partial charge in [0.1, 0.15) is 5.82 Å². The van der Waals surface area contributed by atoms with Crippen molar-refractivity contribution < 1.29 is 0 Å². The van der Waals surface area contributed by atoms with Crippen LogP contribution in [0.3, 0.4) is 0 Å². The second-order valence-electron chi connectivity index (χ2n) is 4.70. The number of thioether (sulfide) groups is 1. The number of anilines is 1. The third kappa shape index (κ3) is 2.56. The minimum absolute atomic E-state index is 0.0232. The van der Waals surface area contributed by atoms with E-state index in [-0.39, 0.29) is 5.56 Å². The van der Waals surface area contributed by atoms with Crippen LogP contribution in [0.2, 0.25) is 0 Å². The molecule has 1 aliphatic rings. The zero-order chi connectivity index (χ0) is 13.9. The Kier molecular flexibility index (Phi) is 3.73. The van der Waals surface area contributed by atoms with Crippen molar-refractivity contribution in [3.8, 4) is 0 Å². The van der Waals surface area contributed by atoms with Gasteiger partial charge in [-0.2, -0.15) is 0 Å². The Bertz CT molecular complexity index is 683. The quantitative estimate of drug-likeness (QED) is 0.665. The molecule has 0 aromatic carbocycles. The number of hydrogen-bond acceptors (Lipinski definition) is 5. The third-order valence-corrected chi connectivity index (χ3v) is 4.33. The Morgan fingerprint density at radius 2 is 2.35 bits per heavy atom. The van der Waals surface area contributed by atoms with Crippen LogP contribution in [0.25, 0.3) is 0 Å². The Morgan fingerprint density at radius 3 is 3.20 bits per heavy atom. The van der Waals surface area contributed by atoms with Crippen molar-refractivity contribution in [1.29, 1.82) is 0 Å². The smallest absolute Gasteiger partial charge is 0.254 e. The van der Waals surface area contributed by atoms with Crippen molar-refractivity contribution in [3.05, 3.63) is 45.5 Å². The number of rotatable bonds is 4. The van der Waals surface area contributed by atoms with Gasteiger partial charge in [-0.05, 0) is 25.3 Å². The summed E-state index contributed by atoms with van der Waals surface area (Å²) in [7, 11) is 1.85. The van der Waals surface area contributed by atoms with Crippen LogP contribution in [-0.2, 0) is 18.6 Å². The monoisotopic (exact) mass is 288 g/mol. The van der Waals surface area contributed by atoms with Crippen LogP contribution in [-0.4, -0.2) is 22.0 Å². The number of pyridine rings is 1. The van der Waals surface area contributed by atoms with Gasteiger partial charge in [-0.3, -0.25) is 4.79 Å². The molecule has 0 atom stereocenters. The standard InChI is InChI=1S/C14H16N4OS/c1-15-12-9(4-3-7-16-12)8-20-14-17-11-6-2-5-10(11)13(19)18-14/h3-4,7H,2,5-6,8H2,1H3,(H,15,16)(H,17,18,19). The summed E-state index contributed by atoms with van der Waals surface area (Å²) in [5.41, 5.74) is 2.96. The lowest BCUT2D eigenvalue weighted by atomic mass is 10.3. The molecule has 0 radical (unpaired) electrons. The van der Waals surface area contributed by atoms with E-state index < -0.39 is 0 Å². The SMILES string of the molecule is CNc1ncccc1CSc1nc2c(c(=O)[nH]1)CCC2. The van der Waals surface area contributed by atoms with Crippen molar-refractivity contribution in [2.75, 3.05) is 12.4 Å². The zero-order valence-corrected chi connectivity index (χ0v) is 12.1. The van der Waals surface area contributed by atoms with Gasteiger partial charge in [0.25, 0.3) is 5.56 Å². The highest BCUT2D eigenvalue weighted by Crippen LogP contribution is 2.24. The highest BCUT2D eigenvalue weighted by Gasteiger charge is 2.17. The van der Waals surface area contributed by atoms with Gasteiger partial charge in [0.2, 0.25) is 0 Å². The van der Waals surface area contributed by atoms with Gasteiger partial charge in [-0.15, -0.1) is 0 Å². The van der Waals surface area contributed by atoms with Gasteiger partial charge in [0, 0.05) is 30.1 Å². The van der Waals surface area contributed by atoms with Gasteiger partial charge >= 0.3 is 0 Å². The molecule has 2 aromatic rings. The number of aryl methyl sites for hydroxylation is 1. The average Bonchev–Trinajstić information content (AvgIpc) is 2.94. The minimum Gasteiger partial charge on any atom is -0.373 e. The van der Waals surface area contributed by atoms with Crippen LogP contribution >= 0.6 is 11.8 Å². The molecule has 0 saturated carbocycles. The van der Waals surface area contributed by atoms with Crippen LogP contribution in [0.4, 0.5) is 5.82 Å². The minimum atomic E-state index is 0.0232. The molecular weight excluding hydrogens is 272 g/mol. The number of nitrogens with zero attached hydrogens (tertiary/aromatic N) is 2. The normalized spacial score (nSPS) is 13.2. The molecule has 0 fully saturated rings. The average molecular weight is 288 g/mol. The number of fused-ring (bicyclic) bond motifs is 1. The van der Waals surface area contributed by atoms with E-state index in [0.717, 1.165) is 47.7 Å². The van der Waals surface area contributed by atoms with Crippen LogP contribution < -0.4 is 10.9 Å². The molecule has 2 heterocycles. The summed E-state index contributed by atoms with van der Waals surface area (Å²) in [6.45, 7) is 0. The van der Waals surface area contributed by atoms with Gasteiger partial charge in [0.05, 0.1) is 5.69 Å². The van der Waals surface area contributed by atoms with E-state index in [2.05, 4.69) is 20.3 Å². The Hall–Kier alpha value is -1.82. The number of nitrogens with one attached hydrogen (secondary N) is 2. The van der Waals surface area contributed by atoms with Crippen molar-refractivity contribution in [2.45, 2.75) is 30.2 Å².